The van der Waals surface area contributed by atoms with Crippen molar-refractivity contribution in [3.05, 3.63) is 59.8 Å². The van der Waals surface area contributed by atoms with Gasteiger partial charge in [-0.05, 0) is 80.9 Å². The number of piperazine rings is 1. The van der Waals surface area contributed by atoms with Gasteiger partial charge >= 0.3 is 0 Å². The minimum atomic E-state index is 0.198. The summed E-state index contributed by atoms with van der Waals surface area (Å²) in [6.07, 6.45) is 9.38. The normalized spacial score (nSPS) is 23.6. The Balaban J connectivity index is 1.07. The van der Waals surface area contributed by atoms with Gasteiger partial charge in [0.1, 0.15) is 5.82 Å². The van der Waals surface area contributed by atoms with Crippen molar-refractivity contribution in [3.63, 3.8) is 0 Å². The molecule has 2 bridgehead atoms. The Kier molecular flexibility index (Phi) is 6.31. The van der Waals surface area contributed by atoms with Gasteiger partial charge in [0.2, 0.25) is 11.9 Å². The Morgan fingerprint density at radius 3 is 2.40 bits per heavy atom. The van der Waals surface area contributed by atoms with Crippen LogP contribution in [0.4, 0.5) is 23.4 Å². The molecule has 1 atom stereocenters. The zero-order valence-corrected chi connectivity index (χ0v) is 24.2. The highest BCUT2D eigenvalue weighted by molar-refractivity contribution is 5.69. The fraction of sp³-hybridized carbons (Fsp3) is 0.469. The molecule has 3 aromatic heterocycles. The van der Waals surface area contributed by atoms with Crippen LogP contribution in [0.3, 0.4) is 0 Å². The zero-order valence-electron chi connectivity index (χ0n) is 24.2. The van der Waals surface area contributed by atoms with Crippen LogP contribution in [0, 0.1) is 5.92 Å². The van der Waals surface area contributed by atoms with Crippen LogP contribution in [0.15, 0.2) is 48.7 Å². The summed E-state index contributed by atoms with van der Waals surface area (Å²) in [5.41, 5.74) is 11.7. The Morgan fingerprint density at radius 2 is 1.69 bits per heavy atom. The van der Waals surface area contributed by atoms with Crippen molar-refractivity contribution >= 4 is 23.4 Å². The van der Waals surface area contributed by atoms with Crippen LogP contribution in [-0.4, -0.2) is 67.1 Å². The van der Waals surface area contributed by atoms with E-state index < -0.39 is 0 Å². The van der Waals surface area contributed by atoms with Crippen LogP contribution in [0.25, 0.3) is 17.1 Å². The Bertz CT molecular complexity index is 1570. The summed E-state index contributed by atoms with van der Waals surface area (Å²) < 4.78 is 1.74. The lowest BCUT2D eigenvalue weighted by Crippen LogP contribution is -2.52. The average Bonchev–Trinajstić information content (AvgIpc) is 3.78. The van der Waals surface area contributed by atoms with Gasteiger partial charge in [0.25, 0.3) is 0 Å². The zero-order chi connectivity index (χ0) is 28.2. The maximum absolute atomic E-state index is 6.17. The average molecular weight is 563 g/mol. The lowest BCUT2D eigenvalue weighted by Gasteiger charge is -2.40. The van der Waals surface area contributed by atoms with Gasteiger partial charge in [0.15, 0.2) is 5.82 Å². The minimum Gasteiger partial charge on any atom is -0.366 e. The number of benzene rings is 1. The molecule has 10 heteroatoms. The minimum absolute atomic E-state index is 0.198. The van der Waals surface area contributed by atoms with Crippen molar-refractivity contribution in [1.29, 1.82) is 0 Å². The van der Waals surface area contributed by atoms with E-state index in [4.69, 9.17) is 20.9 Å². The first kappa shape index (κ1) is 25.6. The molecule has 1 aromatic carbocycles. The largest absolute Gasteiger partial charge is 0.366 e. The van der Waals surface area contributed by atoms with Gasteiger partial charge in [-0.15, -0.1) is 15.3 Å². The summed E-state index contributed by atoms with van der Waals surface area (Å²) in [4.78, 5) is 14.4. The molecule has 3 N–H and O–H groups in total. The predicted octanol–water partition coefficient (Wildman–Crippen LogP) is 5.12. The summed E-state index contributed by atoms with van der Waals surface area (Å²) in [6, 6.07) is 15.1. The molecule has 2 saturated carbocycles. The van der Waals surface area contributed by atoms with E-state index in [1.807, 2.05) is 12.3 Å². The molecule has 4 aromatic rings. The van der Waals surface area contributed by atoms with E-state index in [-0.39, 0.29) is 5.95 Å². The van der Waals surface area contributed by atoms with Crippen LogP contribution in [0.2, 0.25) is 0 Å². The SMILES string of the molecule is C[C@H]1CN(c2ccc(Nc3nc(N)nn3-c3nnc(-c4ccccc4)c4c3C3CCC4CC3)cn2)CCN1CC1CC1. The van der Waals surface area contributed by atoms with Crippen molar-refractivity contribution in [3.8, 4) is 17.1 Å². The predicted molar refractivity (Wildman–Crippen MR) is 164 cm³/mol. The third kappa shape index (κ3) is 4.67. The lowest BCUT2D eigenvalue weighted by atomic mass is 9.66. The van der Waals surface area contributed by atoms with E-state index in [0.29, 0.717) is 23.8 Å². The highest BCUT2D eigenvalue weighted by Crippen LogP contribution is 2.53. The first-order valence-electron chi connectivity index (χ1n) is 15.5. The maximum Gasteiger partial charge on any atom is 0.241 e. The number of nitrogen functional groups attached to an aromatic ring is 1. The number of rotatable bonds is 7. The van der Waals surface area contributed by atoms with Crippen molar-refractivity contribution in [2.45, 2.75) is 63.3 Å². The monoisotopic (exact) mass is 562 g/mol. The van der Waals surface area contributed by atoms with E-state index in [0.717, 1.165) is 67.0 Å². The number of nitrogens with two attached hydrogens (primary N) is 1. The van der Waals surface area contributed by atoms with Crippen LogP contribution in [0.1, 0.15) is 68.4 Å². The Labute approximate surface area is 246 Å². The number of anilines is 4. The Morgan fingerprint density at radius 1 is 0.905 bits per heavy atom. The number of nitrogens with zero attached hydrogens (tertiary/aromatic N) is 8. The van der Waals surface area contributed by atoms with Gasteiger partial charge in [-0.25, -0.2) is 4.98 Å². The molecule has 42 heavy (non-hydrogen) atoms. The maximum atomic E-state index is 6.17. The molecular weight excluding hydrogens is 524 g/mol. The smallest absolute Gasteiger partial charge is 0.241 e. The third-order valence-corrected chi connectivity index (χ3v) is 9.73. The molecule has 216 valence electrons. The molecule has 1 aliphatic heterocycles. The molecule has 0 amide bonds. The molecule has 3 fully saturated rings. The number of nitrogens with one attached hydrogen (secondary N) is 1. The number of pyridine rings is 1. The van der Waals surface area contributed by atoms with Crippen LogP contribution in [0.5, 0.6) is 0 Å². The molecule has 4 aliphatic carbocycles. The second-order valence-corrected chi connectivity index (χ2v) is 12.6. The topological polar surface area (TPSA) is 114 Å². The van der Waals surface area contributed by atoms with E-state index in [2.05, 4.69) is 68.5 Å². The first-order chi connectivity index (χ1) is 20.6. The number of aromatic nitrogens is 6. The van der Waals surface area contributed by atoms with Crippen LogP contribution >= 0.6 is 0 Å². The summed E-state index contributed by atoms with van der Waals surface area (Å²) in [7, 11) is 0. The second-order valence-electron chi connectivity index (χ2n) is 12.6. The molecule has 4 heterocycles. The summed E-state index contributed by atoms with van der Waals surface area (Å²) in [6.45, 7) is 6.69. The van der Waals surface area contributed by atoms with Crippen molar-refractivity contribution in [2.24, 2.45) is 5.92 Å². The molecule has 0 spiro atoms. The van der Waals surface area contributed by atoms with E-state index >= 15 is 0 Å². The van der Waals surface area contributed by atoms with Crippen molar-refractivity contribution in [2.75, 3.05) is 42.1 Å². The number of hydrogen-bond donors (Lipinski definition) is 2. The molecule has 0 radical (unpaired) electrons. The van der Waals surface area contributed by atoms with E-state index in [1.165, 1.54) is 43.4 Å². The molecule has 10 nitrogen and oxygen atoms in total. The van der Waals surface area contributed by atoms with Crippen molar-refractivity contribution < 1.29 is 0 Å². The second kappa shape index (κ2) is 10.3. The van der Waals surface area contributed by atoms with Gasteiger partial charge < -0.3 is 16.0 Å². The standard InChI is InChI=1S/C32H38N10/c1-20-18-41(16-15-40(20)19-21-7-8-21)26-14-13-25(17-34-26)35-32-36-31(33)39-42(32)30-28-23-11-9-22(10-12-23)27(28)29(37-38-30)24-5-3-2-4-6-24/h2-6,13-14,17,20-23H,7-12,15-16,18-19H2,1H3,(H3,33,35,36,39)/t20-,22?,23?/m0/s1. The fourth-order valence-electron chi connectivity index (χ4n) is 7.34. The summed E-state index contributed by atoms with van der Waals surface area (Å²) in [5.74, 6) is 4.30. The molecular formula is C32H38N10. The third-order valence-electron chi connectivity index (χ3n) is 9.73. The number of fused-ring (bicyclic) bond motifs is 2. The molecule has 1 saturated heterocycles. The van der Waals surface area contributed by atoms with Gasteiger partial charge in [-0.1, -0.05) is 30.3 Å². The van der Waals surface area contributed by atoms with Gasteiger partial charge in [-0.3, -0.25) is 4.90 Å². The highest BCUT2D eigenvalue weighted by atomic mass is 15.5. The van der Waals surface area contributed by atoms with Gasteiger partial charge in [0, 0.05) is 43.3 Å². The first-order valence-corrected chi connectivity index (χ1v) is 15.5. The summed E-state index contributed by atoms with van der Waals surface area (Å²) >= 11 is 0. The molecule has 5 aliphatic rings. The lowest BCUT2D eigenvalue weighted by molar-refractivity contribution is 0.181. The quantitative estimate of drug-likeness (QED) is 0.317. The van der Waals surface area contributed by atoms with E-state index in [1.54, 1.807) is 4.68 Å². The Hall–Kier alpha value is -4.05. The molecule has 9 rings (SSSR count). The number of hydrogen-bond acceptors (Lipinski definition) is 9. The fourth-order valence-corrected chi connectivity index (χ4v) is 7.34. The van der Waals surface area contributed by atoms with Gasteiger partial charge in [0.05, 0.1) is 17.6 Å². The molecule has 0 unspecified atom stereocenters. The van der Waals surface area contributed by atoms with E-state index in [9.17, 15) is 0 Å². The van der Waals surface area contributed by atoms with Gasteiger partial charge in [-0.2, -0.15) is 9.67 Å². The van der Waals surface area contributed by atoms with Crippen LogP contribution < -0.4 is 16.0 Å². The summed E-state index contributed by atoms with van der Waals surface area (Å²) in [5, 5.41) is 17.6. The highest BCUT2D eigenvalue weighted by Gasteiger charge is 2.39. The van der Waals surface area contributed by atoms with Crippen molar-refractivity contribution in [1.82, 2.24) is 34.8 Å². The van der Waals surface area contributed by atoms with Crippen LogP contribution in [-0.2, 0) is 0 Å².